The number of nitrogen functional groups attached to an aromatic ring is 1. The number of hydrogen-bond donors (Lipinski definition) is 1. The van der Waals surface area contributed by atoms with Crippen molar-refractivity contribution < 1.29 is 0 Å². The normalized spacial score (nSPS) is 24.5. The minimum atomic E-state index is 0.432. The van der Waals surface area contributed by atoms with Crippen molar-refractivity contribution in [1.82, 2.24) is 14.5 Å². The first-order chi connectivity index (χ1) is 9.16. The van der Waals surface area contributed by atoms with Gasteiger partial charge >= 0.3 is 0 Å². The maximum absolute atomic E-state index is 6.14. The third kappa shape index (κ3) is 2.36. The van der Waals surface area contributed by atoms with Gasteiger partial charge in [0, 0.05) is 16.7 Å². The van der Waals surface area contributed by atoms with Gasteiger partial charge in [0.2, 0.25) is 5.95 Å². The van der Waals surface area contributed by atoms with E-state index in [0.29, 0.717) is 17.9 Å². The lowest BCUT2D eigenvalue weighted by Crippen LogP contribution is -2.18. The van der Waals surface area contributed by atoms with Crippen molar-refractivity contribution in [3.63, 3.8) is 0 Å². The zero-order valence-corrected chi connectivity index (χ0v) is 12.7. The van der Waals surface area contributed by atoms with Gasteiger partial charge in [-0.15, -0.1) is 0 Å². The minimum absolute atomic E-state index is 0.432. The van der Waals surface area contributed by atoms with Crippen molar-refractivity contribution in [1.29, 1.82) is 0 Å². The van der Waals surface area contributed by atoms with Crippen LogP contribution >= 0.6 is 15.9 Å². The molecule has 0 amide bonds. The molecule has 0 spiro atoms. The van der Waals surface area contributed by atoms with Crippen LogP contribution < -0.4 is 5.73 Å². The van der Waals surface area contributed by atoms with Gasteiger partial charge in [-0.3, -0.25) is 4.57 Å². The Morgan fingerprint density at radius 1 is 1.32 bits per heavy atom. The number of nitrogens with two attached hydrogens (primary N) is 1. The maximum atomic E-state index is 6.14. The van der Waals surface area contributed by atoms with Crippen LogP contribution in [0.4, 0.5) is 5.95 Å². The molecule has 0 aliphatic heterocycles. The van der Waals surface area contributed by atoms with E-state index in [0.717, 1.165) is 15.6 Å². The van der Waals surface area contributed by atoms with Gasteiger partial charge in [0.1, 0.15) is 5.52 Å². The van der Waals surface area contributed by atoms with E-state index in [1.54, 1.807) is 0 Å². The second-order valence-electron chi connectivity index (χ2n) is 5.52. The first-order valence-corrected chi connectivity index (χ1v) is 7.75. The number of fused-ring (bicyclic) bond motifs is 1. The predicted octanol–water partition coefficient (Wildman–Crippen LogP) is 3.92. The van der Waals surface area contributed by atoms with Gasteiger partial charge in [0.25, 0.3) is 0 Å². The average Bonchev–Trinajstić information content (AvgIpc) is 2.54. The molecular weight excluding hydrogens is 304 g/mol. The first kappa shape index (κ1) is 12.9. The summed E-state index contributed by atoms with van der Waals surface area (Å²) >= 11 is 3.43. The van der Waals surface area contributed by atoms with E-state index in [1.807, 2.05) is 12.3 Å². The molecule has 2 N–H and O–H groups in total. The lowest BCUT2D eigenvalue weighted by molar-refractivity contribution is 0.343. The summed E-state index contributed by atoms with van der Waals surface area (Å²) in [6.07, 6.45) is 8.18. The van der Waals surface area contributed by atoms with Gasteiger partial charge in [0.15, 0.2) is 5.65 Å². The van der Waals surface area contributed by atoms with Crippen molar-refractivity contribution in [3.05, 3.63) is 16.7 Å². The molecule has 0 radical (unpaired) electrons. The number of pyridine rings is 1. The van der Waals surface area contributed by atoms with Gasteiger partial charge in [-0.05, 0) is 40.8 Å². The van der Waals surface area contributed by atoms with E-state index in [2.05, 4.69) is 37.4 Å². The average molecular weight is 323 g/mol. The molecule has 0 saturated heterocycles. The monoisotopic (exact) mass is 322 g/mol. The number of nitrogens with zero attached hydrogens (tertiary/aromatic N) is 3. The molecule has 1 aliphatic rings. The number of rotatable bonds is 1. The van der Waals surface area contributed by atoms with Crippen LogP contribution in [0.25, 0.3) is 11.2 Å². The van der Waals surface area contributed by atoms with Crippen molar-refractivity contribution in [3.8, 4) is 0 Å². The number of halogens is 1. The van der Waals surface area contributed by atoms with E-state index in [1.165, 1.54) is 32.1 Å². The molecule has 5 heteroatoms. The van der Waals surface area contributed by atoms with E-state index in [4.69, 9.17) is 5.73 Å². The highest BCUT2D eigenvalue weighted by Gasteiger charge is 2.25. The van der Waals surface area contributed by atoms with Crippen molar-refractivity contribution >= 4 is 33.0 Å². The predicted molar refractivity (Wildman–Crippen MR) is 80.9 cm³/mol. The standard InChI is InChI=1S/C14H19BrN4/c1-9-5-3-2-4-6-12(9)19-13-11(18-14(19)16)7-10(15)8-17-13/h7-9,12H,2-6H2,1H3,(H2,16,18). The Morgan fingerprint density at radius 3 is 2.95 bits per heavy atom. The van der Waals surface area contributed by atoms with Gasteiger partial charge in [-0.2, -0.15) is 0 Å². The van der Waals surface area contributed by atoms with Gasteiger partial charge in [-0.1, -0.05) is 26.2 Å². The summed E-state index contributed by atoms with van der Waals surface area (Å²) in [5, 5.41) is 0. The summed E-state index contributed by atoms with van der Waals surface area (Å²) in [6, 6.07) is 2.41. The lowest BCUT2D eigenvalue weighted by atomic mass is 9.97. The molecule has 102 valence electrons. The van der Waals surface area contributed by atoms with Crippen LogP contribution in [0.5, 0.6) is 0 Å². The van der Waals surface area contributed by atoms with Gasteiger partial charge in [0.05, 0.1) is 0 Å². The molecular formula is C14H19BrN4. The summed E-state index contributed by atoms with van der Waals surface area (Å²) in [6.45, 7) is 2.32. The summed E-state index contributed by atoms with van der Waals surface area (Å²) < 4.78 is 3.09. The SMILES string of the molecule is CC1CCCCCC1n1c(N)nc2cc(Br)cnc21. The Bertz CT molecular complexity index is 592. The van der Waals surface area contributed by atoms with Crippen LogP contribution in [0.2, 0.25) is 0 Å². The van der Waals surface area contributed by atoms with Crippen LogP contribution in [0.15, 0.2) is 16.7 Å². The minimum Gasteiger partial charge on any atom is -0.369 e. The van der Waals surface area contributed by atoms with Crippen molar-refractivity contribution in [2.24, 2.45) is 5.92 Å². The Hall–Kier alpha value is -1.10. The van der Waals surface area contributed by atoms with Crippen LogP contribution in [0.1, 0.15) is 45.1 Å². The van der Waals surface area contributed by atoms with E-state index in [9.17, 15) is 0 Å². The van der Waals surface area contributed by atoms with Crippen LogP contribution in [0.3, 0.4) is 0 Å². The smallest absolute Gasteiger partial charge is 0.202 e. The summed E-state index contributed by atoms with van der Waals surface area (Å²) in [5.74, 6) is 1.23. The highest BCUT2D eigenvalue weighted by Crippen LogP contribution is 2.36. The molecule has 2 unspecified atom stereocenters. The molecule has 1 fully saturated rings. The highest BCUT2D eigenvalue weighted by atomic mass is 79.9. The Balaban J connectivity index is 2.10. The van der Waals surface area contributed by atoms with E-state index in [-0.39, 0.29) is 0 Å². The van der Waals surface area contributed by atoms with Crippen molar-refractivity contribution in [2.75, 3.05) is 5.73 Å². The number of imidazole rings is 1. The Morgan fingerprint density at radius 2 is 2.11 bits per heavy atom. The highest BCUT2D eigenvalue weighted by molar-refractivity contribution is 9.10. The fourth-order valence-electron chi connectivity index (χ4n) is 3.16. The molecule has 1 aliphatic carbocycles. The maximum Gasteiger partial charge on any atom is 0.202 e. The molecule has 2 aromatic rings. The fourth-order valence-corrected chi connectivity index (χ4v) is 3.48. The lowest BCUT2D eigenvalue weighted by Gasteiger charge is -2.24. The molecule has 0 aromatic carbocycles. The third-order valence-corrected chi connectivity index (χ3v) is 4.61. The van der Waals surface area contributed by atoms with Gasteiger partial charge < -0.3 is 5.73 Å². The first-order valence-electron chi connectivity index (χ1n) is 6.96. The largest absolute Gasteiger partial charge is 0.369 e. The van der Waals surface area contributed by atoms with E-state index < -0.39 is 0 Å². The Kier molecular flexibility index (Phi) is 3.48. The summed E-state index contributed by atoms with van der Waals surface area (Å²) in [7, 11) is 0. The molecule has 3 rings (SSSR count). The molecule has 2 aromatic heterocycles. The third-order valence-electron chi connectivity index (χ3n) is 4.17. The molecule has 2 atom stereocenters. The quantitative estimate of drug-likeness (QED) is 0.809. The van der Waals surface area contributed by atoms with Crippen LogP contribution in [-0.2, 0) is 0 Å². The molecule has 1 saturated carbocycles. The second-order valence-corrected chi connectivity index (χ2v) is 6.43. The molecule has 19 heavy (non-hydrogen) atoms. The number of hydrogen-bond acceptors (Lipinski definition) is 3. The second kappa shape index (κ2) is 5.12. The molecule has 0 bridgehead atoms. The number of aromatic nitrogens is 3. The fraction of sp³-hybridized carbons (Fsp3) is 0.571. The summed E-state index contributed by atoms with van der Waals surface area (Å²) in [4.78, 5) is 8.98. The molecule has 2 heterocycles. The van der Waals surface area contributed by atoms with Crippen LogP contribution in [0, 0.1) is 5.92 Å². The zero-order chi connectivity index (χ0) is 13.4. The topological polar surface area (TPSA) is 56.7 Å². The zero-order valence-electron chi connectivity index (χ0n) is 11.1. The Labute approximate surface area is 121 Å². The van der Waals surface area contributed by atoms with Crippen molar-refractivity contribution in [2.45, 2.75) is 45.1 Å². The van der Waals surface area contributed by atoms with Gasteiger partial charge in [-0.25, -0.2) is 9.97 Å². The van der Waals surface area contributed by atoms with Crippen LogP contribution in [-0.4, -0.2) is 14.5 Å². The number of anilines is 1. The summed E-state index contributed by atoms with van der Waals surface area (Å²) in [5.41, 5.74) is 7.94. The molecule has 4 nitrogen and oxygen atoms in total. The van der Waals surface area contributed by atoms with E-state index >= 15 is 0 Å².